The Morgan fingerprint density at radius 3 is 2.64 bits per heavy atom. The molecule has 1 aliphatic rings. The van der Waals surface area contributed by atoms with Crippen molar-refractivity contribution in [3.8, 4) is 5.69 Å². The van der Waals surface area contributed by atoms with Gasteiger partial charge in [-0.3, -0.25) is 9.36 Å². The molecule has 7 heteroatoms. The van der Waals surface area contributed by atoms with Crippen molar-refractivity contribution in [2.45, 2.75) is 18.9 Å². The third-order valence-corrected chi connectivity index (χ3v) is 4.67. The first-order valence-electron chi connectivity index (χ1n) is 7.95. The molecule has 25 heavy (non-hydrogen) atoms. The Balaban J connectivity index is 2.09. The fourth-order valence-electron chi connectivity index (χ4n) is 3.26. The standard InChI is InChI=1S/C18H14ClF2N3O/c19-13-3-1-4-14-16(13)18(25)24(12-8-10(20)7-11(21)9-12)17(23-14)15-5-2-6-22-15/h1,3-4,7-9,15,22H,2,5-6H2. The highest BCUT2D eigenvalue weighted by atomic mass is 35.5. The molecule has 4 rings (SSSR count). The van der Waals surface area contributed by atoms with Gasteiger partial charge >= 0.3 is 0 Å². The van der Waals surface area contributed by atoms with Crippen LogP contribution in [0.2, 0.25) is 5.02 Å². The molecule has 128 valence electrons. The SMILES string of the molecule is O=c1c2c(Cl)cccc2nc(C2CCCN2)n1-c1cc(F)cc(F)c1. The maximum absolute atomic E-state index is 13.7. The highest BCUT2D eigenvalue weighted by molar-refractivity contribution is 6.35. The number of rotatable bonds is 2. The lowest BCUT2D eigenvalue weighted by Crippen LogP contribution is -2.29. The van der Waals surface area contributed by atoms with Gasteiger partial charge in [-0.15, -0.1) is 0 Å². The van der Waals surface area contributed by atoms with Gasteiger partial charge in [0.25, 0.3) is 5.56 Å². The summed E-state index contributed by atoms with van der Waals surface area (Å²) in [6.45, 7) is 0.797. The fraction of sp³-hybridized carbons (Fsp3) is 0.222. The molecule has 0 aliphatic carbocycles. The first kappa shape index (κ1) is 16.2. The minimum atomic E-state index is -0.758. The normalized spacial score (nSPS) is 17.3. The van der Waals surface area contributed by atoms with Crippen LogP contribution in [0.4, 0.5) is 8.78 Å². The van der Waals surface area contributed by atoms with Crippen LogP contribution in [0.15, 0.2) is 41.2 Å². The lowest BCUT2D eigenvalue weighted by Gasteiger charge is -2.18. The minimum absolute atomic E-state index is 0.0977. The summed E-state index contributed by atoms with van der Waals surface area (Å²) in [4.78, 5) is 17.7. The van der Waals surface area contributed by atoms with E-state index in [0.717, 1.165) is 37.6 Å². The van der Waals surface area contributed by atoms with Crippen LogP contribution < -0.4 is 10.9 Å². The third kappa shape index (κ3) is 2.81. The molecule has 0 saturated carbocycles. The zero-order chi connectivity index (χ0) is 17.6. The van der Waals surface area contributed by atoms with E-state index >= 15 is 0 Å². The molecular formula is C18H14ClF2N3O. The van der Waals surface area contributed by atoms with Crippen LogP contribution in [0.25, 0.3) is 16.6 Å². The van der Waals surface area contributed by atoms with Crippen molar-refractivity contribution in [3.63, 3.8) is 0 Å². The molecule has 1 saturated heterocycles. The summed E-state index contributed by atoms with van der Waals surface area (Å²) in [7, 11) is 0. The summed E-state index contributed by atoms with van der Waals surface area (Å²) in [6.07, 6.45) is 1.72. The molecule has 0 spiro atoms. The number of aromatic nitrogens is 2. The van der Waals surface area contributed by atoms with Crippen molar-refractivity contribution in [1.82, 2.24) is 14.9 Å². The zero-order valence-corrected chi connectivity index (χ0v) is 13.9. The molecule has 1 N–H and O–H groups in total. The molecule has 4 nitrogen and oxygen atoms in total. The predicted octanol–water partition coefficient (Wildman–Crippen LogP) is 3.74. The van der Waals surface area contributed by atoms with E-state index in [9.17, 15) is 13.6 Å². The van der Waals surface area contributed by atoms with Crippen molar-refractivity contribution >= 4 is 22.5 Å². The number of hydrogen-bond donors (Lipinski definition) is 1. The summed E-state index contributed by atoms with van der Waals surface area (Å²) < 4.78 is 28.7. The first-order chi connectivity index (χ1) is 12.0. The molecule has 1 aliphatic heterocycles. The Kier molecular flexibility index (Phi) is 4.01. The lowest BCUT2D eigenvalue weighted by molar-refractivity contribution is 0.568. The second kappa shape index (κ2) is 6.20. The molecule has 1 atom stereocenters. The monoisotopic (exact) mass is 361 g/mol. The number of hydrogen-bond acceptors (Lipinski definition) is 3. The maximum atomic E-state index is 13.7. The average Bonchev–Trinajstić information content (AvgIpc) is 3.07. The van der Waals surface area contributed by atoms with Gasteiger partial charge in [-0.2, -0.15) is 0 Å². The van der Waals surface area contributed by atoms with Gasteiger partial charge in [-0.05, 0) is 43.7 Å². The number of benzene rings is 2. The molecule has 3 aromatic rings. The fourth-order valence-corrected chi connectivity index (χ4v) is 3.51. The van der Waals surface area contributed by atoms with Gasteiger partial charge in [0.05, 0.1) is 27.7 Å². The van der Waals surface area contributed by atoms with E-state index in [4.69, 9.17) is 11.6 Å². The van der Waals surface area contributed by atoms with E-state index in [1.807, 2.05) is 0 Å². The van der Waals surface area contributed by atoms with E-state index in [0.29, 0.717) is 11.3 Å². The van der Waals surface area contributed by atoms with Crippen molar-refractivity contribution in [2.75, 3.05) is 6.54 Å². The first-order valence-corrected chi connectivity index (χ1v) is 8.33. The number of nitrogens with one attached hydrogen (secondary N) is 1. The van der Waals surface area contributed by atoms with Gasteiger partial charge in [-0.25, -0.2) is 13.8 Å². The Labute approximate surface area is 147 Å². The Hall–Kier alpha value is -2.31. The van der Waals surface area contributed by atoms with Crippen molar-refractivity contribution < 1.29 is 8.78 Å². The van der Waals surface area contributed by atoms with E-state index in [2.05, 4.69) is 10.3 Å². The molecular weight excluding hydrogens is 348 g/mol. The van der Waals surface area contributed by atoms with Crippen molar-refractivity contribution in [1.29, 1.82) is 0 Å². The van der Waals surface area contributed by atoms with E-state index < -0.39 is 17.2 Å². The number of fused-ring (bicyclic) bond motifs is 1. The Bertz CT molecular complexity index is 1010. The molecule has 1 aromatic heterocycles. The Morgan fingerprint density at radius 1 is 1.20 bits per heavy atom. The van der Waals surface area contributed by atoms with Crippen molar-refractivity contribution in [3.05, 3.63) is 69.2 Å². The van der Waals surface area contributed by atoms with Gasteiger partial charge in [0.15, 0.2) is 0 Å². The lowest BCUT2D eigenvalue weighted by atomic mass is 10.1. The quantitative estimate of drug-likeness (QED) is 0.756. The molecule has 2 aromatic carbocycles. The molecule has 2 heterocycles. The number of nitrogens with zero attached hydrogens (tertiary/aromatic N) is 2. The zero-order valence-electron chi connectivity index (χ0n) is 13.1. The second-order valence-electron chi connectivity index (χ2n) is 6.02. The predicted molar refractivity (Wildman–Crippen MR) is 92.2 cm³/mol. The van der Waals surface area contributed by atoms with Gasteiger partial charge in [0, 0.05) is 6.07 Å². The Morgan fingerprint density at radius 2 is 1.96 bits per heavy atom. The van der Waals surface area contributed by atoms with Crippen molar-refractivity contribution in [2.24, 2.45) is 0 Å². The molecule has 1 fully saturated rings. The van der Waals surface area contributed by atoms with Gasteiger partial charge in [0.1, 0.15) is 17.5 Å². The highest BCUT2D eigenvalue weighted by Crippen LogP contribution is 2.27. The molecule has 0 amide bonds. The highest BCUT2D eigenvalue weighted by Gasteiger charge is 2.24. The van der Waals surface area contributed by atoms with Crippen LogP contribution in [-0.2, 0) is 0 Å². The molecule has 0 radical (unpaired) electrons. The topological polar surface area (TPSA) is 46.9 Å². The summed E-state index contributed by atoms with van der Waals surface area (Å²) in [5, 5.41) is 3.76. The van der Waals surface area contributed by atoms with E-state index in [-0.39, 0.29) is 22.1 Å². The second-order valence-corrected chi connectivity index (χ2v) is 6.43. The van der Waals surface area contributed by atoms with Gasteiger partial charge < -0.3 is 5.32 Å². The van der Waals surface area contributed by atoms with E-state index in [1.54, 1.807) is 18.2 Å². The minimum Gasteiger partial charge on any atom is -0.307 e. The van der Waals surface area contributed by atoms with Gasteiger partial charge in [0.2, 0.25) is 0 Å². The molecule has 1 unspecified atom stereocenters. The summed E-state index contributed by atoms with van der Waals surface area (Å²) in [5.74, 6) is -1.08. The van der Waals surface area contributed by atoms with Crippen LogP contribution >= 0.6 is 11.6 Å². The van der Waals surface area contributed by atoms with Crippen LogP contribution in [0.1, 0.15) is 24.7 Å². The van der Waals surface area contributed by atoms with Crippen LogP contribution in [0, 0.1) is 11.6 Å². The number of halogens is 3. The van der Waals surface area contributed by atoms with Crippen LogP contribution in [-0.4, -0.2) is 16.1 Å². The summed E-state index contributed by atoms with van der Waals surface area (Å²) in [5.41, 5.74) is 0.124. The third-order valence-electron chi connectivity index (χ3n) is 4.35. The average molecular weight is 362 g/mol. The molecule has 0 bridgehead atoms. The van der Waals surface area contributed by atoms with Crippen LogP contribution in [0.3, 0.4) is 0 Å². The summed E-state index contributed by atoms with van der Waals surface area (Å²) in [6, 6.07) is 7.86. The van der Waals surface area contributed by atoms with Gasteiger partial charge in [-0.1, -0.05) is 17.7 Å². The maximum Gasteiger partial charge on any atom is 0.267 e. The largest absolute Gasteiger partial charge is 0.307 e. The summed E-state index contributed by atoms with van der Waals surface area (Å²) >= 11 is 6.18. The smallest absolute Gasteiger partial charge is 0.267 e. The van der Waals surface area contributed by atoms with Crippen LogP contribution in [0.5, 0.6) is 0 Å². The van der Waals surface area contributed by atoms with E-state index in [1.165, 1.54) is 4.57 Å².